The summed E-state index contributed by atoms with van der Waals surface area (Å²) in [6.07, 6.45) is -1.71. The van der Waals surface area contributed by atoms with Crippen molar-refractivity contribution in [1.82, 2.24) is 0 Å². The van der Waals surface area contributed by atoms with Crippen LogP contribution in [-0.2, 0) is 9.53 Å². The van der Waals surface area contributed by atoms with Gasteiger partial charge in [0.1, 0.15) is 6.17 Å². The molecular weight excluding hydrogens is 122 g/mol. The van der Waals surface area contributed by atoms with E-state index in [4.69, 9.17) is 17.2 Å². The molecule has 0 aromatic carbocycles. The summed E-state index contributed by atoms with van der Waals surface area (Å²) in [5.74, 6) is -0.483. The molecule has 0 aliphatic rings. The molecule has 0 spiro atoms. The maximum absolute atomic E-state index is 10.1. The van der Waals surface area contributed by atoms with E-state index in [1.165, 1.54) is 6.92 Å². The van der Waals surface area contributed by atoms with Gasteiger partial charge in [0, 0.05) is 6.92 Å². The van der Waals surface area contributed by atoms with Crippen molar-refractivity contribution in [1.29, 1.82) is 0 Å². The fraction of sp³-hybridized carbons (Fsp3) is 0.750. The van der Waals surface area contributed by atoms with Gasteiger partial charge in [-0.05, 0) is 0 Å². The molecule has 6 N–H and O–H groups in total. The molecule has 0 fully saturated rings. The Labute approximate surface area is 53.1 Å². The quantitative estimate of drug-likeness (QED) is 0.301. The molecule has 0 rings (SSSR count). The lowest BCUT2D eigenvalue weighted by atomic mass is 10.5. The monoisotopic (exact) mass is 133 g/mol. The Bertz CT molecular complexity index is 104. The molecule has 0 bridgehead atoms. The second-order valence-electron chi connectivity index (χ2n) is 1.65. The first-order valence-corrected chi connectivity index (χ1v) is 2.48. The third kappa shape index (κ3) is 3.89. The van der Waals surface area contributed by atoms with E-state index in [0.717, 1.165) is 0 Å². The molecule has 1 atom stereocenters. The lowest BCUT2D eigenvalue weighted by Crippen LogP contribution is -2.50. The number of carbonyl (C=O) groups is 1. The van der Waals surface area contributed by atoms with Gasteiger partial charge in [-0.15, -0.1) is 0 Å². The van der Waals surface area contributed by atoms with Crippen molar-refractivity contribution < 1.29 is 9.53 Å². The Kier molecular flexibility index (Phi) is 3.15. The molecule has 0 aromatic rings. The van der Waals surface area contributed by atoms with E-state index in [1.54, 1.807) is 0 Å². The van der Waals surface area contributed by atoms with Crippen molar-refractivity contribution in [3.05, 3.63) is 0 Å². The van der Waals surface area contributed by atoms with Crippen molar-refractivity contribution in [2.45, 2.75) is 19.3 Å². The summed E-state index contributed by atoms with van der Waals surface area (Å²) < 4.78 is 4.40. The molecule has 0 saturated carbocycles. The van der Waals surface area contributed by atoms with Crippen LogP contribution in [0.25, 0.3) is 0 Å². The van der Waals surface area contributed by atoms with Crippen LogP contribution in [0.1, 0.15) is 6.92 Å². The van der Waals surface area contributed by atoms with Crippen LogP contribution in [0.15, 0.2) is 0 Å². The summed E-state index contributed by atoms with van der Waals surface area (Å²) in [6.45, 7) is 1.24. The van der Waals surface area contributed by atoms with Crippen molar-refractivity contribution in [3.63, 3.8) is 0 Å². The van der Waals surface area contributed by atoms with E-state index < -0.39 is 18.4 Å². The topological polar surface area (TPSA) is 104 Å². The molecular formula is C4H11N3O2. The van der Waals surface area contributed by atoms with Crippen LogP contribution >= 0.6 is 0 Å². The molecule has 0 aliphatic carbocycles. The maximum atomic E-state index is 10.1. The SMILES string of the molecule is CC(=O)OC(N)C(N)N. The third-order valence-corrected chi connectivity index (χ3v) is 0.681. The van der Waals surface area contributed by atoms with E-state index in [0.29, 0.717) is 0 Å². The normalized spacial score (nSPS) is 13.4. The number of hydrogen-bond acceptors (Lipinski definition) is 5. The number of hydrogen-bond donors (Lipinski definition) is 3. The summed E-state index contributed by atoms with van der Waals surface area (Å²) in [4.78, 5) is 10.1. The number of esters is 1. The molecule has 0 amide bonds. The molecule has 0 aliphatic heterocycles. The van der Waals surface area contributed by atoms with Crippen LogP contribution in [0.4, 0.5) is 0 Å². The molecule has 0 aromatic heterocycles. The zero-order valence-corrected chi connectivity index (χ0v) is 5.20. The fourth-order valence-electron chi connectivity index (χ4n) is 0.270. The number of carbonyl (C=O) groups excluding carboxylic acids is 1. The van der Waals surface area contributed by atoms with Crippen LogP contribution in [0, 0.1) is 0 Å². The van der Waals surface area contributed by atoms with Gasteiger partial charge in [0.05, 0.1) is 0 Å². The van der Waals surface area contributed by atoms with Gasteiger partial charge in [0.25, 0.3) is 0 Å². The van der Waals surface area contributed by atoms with Crippen LogP contribution in [0.3, 0.4) is 0 Å². The van der Waals surface area contributed by atoms with Crippen molar-refractivity contribution in [3.8, 4) is 0 Å². The minimum atomic E-state index is -0.900. The molecule has 5 heteroatoms. The number of nitrogens with two attached hydrogens (primary N) is 3. The average molecular weight is 133 g/mol. The first-order chi connectivity index (χ1) is 4.04. The lowest BCUT2D eigenvalue weighted by Gasteiger charge is -2.14. The zero-order valence-electron chi connectivity index (χ0n) is 5.20. The highest BCUT2D eigenvalue weighted by molar-refractivity contribution is 5.66. The van der Waals surface area contributed by atoms with Gasteiger partial charge in [0.2, 0.25) is 0 Å². The highest BCUT2D eigenvalue weighted by Gasteiger charge is 2.09. The highest BCUT2D eigenvalue weighted by Crippen LogP contribution is 1.83. The predicted molar refractivity (Wildman–Crippen MR) is 31.9 cm³/mol. The smallest absolute Gasteiger partial charge is 0.304 e. The lowest BCUT2D eigenvalue weighted by molar-refractivity contribution is -0.147. The molecule has 0 radical (unpaired) electrons. The van der Waals surface area contributed by atoms with E-state index in [9.17, 15) is 4.79 Å². The van der Waals surface area contributed by atoms with E-state index in [-0.39, 0.29) is 0 Å². The minimum absolute atomic E-state index is 0.483. The summed E-state index contributed by atoms with van der Waals surface area (Å²) >= 11 is 0. The Morgan fingerprint density at radius 2 is 1.89 bits per heavy atom. The first-order valence-electron chi connectivity index (χ1n) is 2.48. The number of rotatable bonds is 2. The minimum Gasteiger partial charge on any atom is -0.444 e. The van der Waals surface area contributed by atoms with E-state index >= 15 is 0 Å². The van der Waals surface area contributed by atoms with E-state index in [2.05, 4.69) is 4.74 Å². The third-order valence-electron chi connectivity index (χ3n) is 0.681. The molecule has 54 valence electrons. The van der Waals surface area contributed by atoms with Crippen molar-refractivity contribution in [2.24, 2.45) is 17.2 Å². The zero-order chi connectivity index (χ0) is 7.44. The van der Waals surface area contributed by atoms with Crippen molar-refractivity contribution >= 4 is 5.97 Å². The van der Waals surface area contributed by atoms with Crippen molar-refractivity contribution in [2.75, 3.05) is 0 Å². The van der Waals surface area contributed by atoms with Gasteiger partial charge >= 0.3 is 5.97 Å². The maximum Gasteiger partial charge on any atom is 0.304 e. The Morgan fingerprint density at radius 3 is 2.00 bits per heavy atom. The standard InChI is InChI=1S/C4H11N3O2/c1-2(8)9-4(7)3(5)6/h3-4H,5-7H2,1H3. The van der Waals surface area contributed by atoms with E-state index in [1.807, 2.05) is 0 Å². The molecule has 0 heterocycles. The van der Waals surface area contributed by atoms with Crippen LogP contribution in [0.2, 0.25) is 0 Å². The molecule has 9 heavy (non-hydrogen) atoms. The van der Waals surface area contributed by atoms with Gasteiger partial charge in [-0.3, -0.25) is 10.5 Å². The van der Waals surface area contributed by atoms with Gasteiger partial charge in [0.15, 0.2) is 6.23 Å². The molecule has 1 unspecified atom stereocenters. The summed E-state index contributed by atoms with van der Waals surface area (Å²) in [5.41, 5.74) is 15.2. The summed E-state index contributed by atoms with van der Waals surface area (Å²) in [7, 11) is 0. The Hall–Kier alpha value is -0.650. The Balaban J connectivity index is 3.50. The Morgan fingerprint density at radius 1 is 1.44 bits per heavy atom. The second kappa shape index (κ2) is 3.39. The summed E-state index contributed by atoms with van der Waals surface area (Å²) in [5, 5.41) is 0. The molecule has 5 nitrogen and oxygen atoms in total. The largest absolute Gasteiger partial charge is 0.444 e. The van der Waals surface area contributed by atoms with Crippen LogP contribution in [0.5, 0.6) is 0 Å². The summed E-state index contributed by atoms with van der Waals surface area (Å²) in [6, 6.07) is 0. The fourth-order valence-corrected chi connectivity index (χ4v) is 0.270. The van der Waals surface area contributed by atoms with Crippen LogP contribution < -0.4 is 17.2 Å². The van der Waals surface area contributed by atoms with Gasteiger partial charge in [-0.1, -0.05) is 0 Å². The molecule has 0 saturated heterocycles. The number of ether oxygens (including phenoxy) is 1. The van der Waals surface area contributed by atoms with Crippen LogP contribution in [-0.4, -0.2) is 18.4 Å². The van der Waals surface area contributed by atoms with Gasteiger partial charge in [-0.25, -0.2) is 0 Å². The highest BCUT2D eigenvalue weighted by atomic mass is 16.6. The average Bonchev–Trinajstić information content (AvgIpc) is 1.63. The van der Waals surface area contributed by atoms with Gasteiger partial charge < -0.3 is 16.2 Å². The predicted octanol–water partition coefficient (Wildman–Crippen LogP) is -1.92. The van der Waals surface area contributed by atoms with Gasteiger partial charge in [-0.2, -0.15) is 0 Å². The second-order valence-corrected chi connectivity index (χ2v) is 1.65. The first kappa shape index (κ1) is 8.35.